The molecule has 1 aliphatic rings. The van der Waals surface area contributed by atoms with Crippen molar-refractivity contribution in [3.8, 4) is 0 Å². The van der Waals surface area contributed by atoms with Crippen LogP contribution in [-0.4, -0.2) is 18.1 Å². The molecule has 0 aromatic heterocycles. The molecule has 0 bridgehead atoms. The number of nitrogens with one attached hydrogen (secondary N) is 1. The fourth-order valence-electron chi connectivity index (χ4n) is 3.27. The van der Waals surface area contributed by atoms with Crippen molar-refractivity contribution < 1.29 is 13.9 Å². The van der Waals surface area contributed by atoms with E-state index in [9.17, 15) is 9.18 Å². The molecule has 0 radical (unpaired) electrons. The number of carbonyl (C=O) groups excluding carboxylic acids is 1. The summed E-state index contributed by atoms with van der Waals surface area (Å²) in [7, 11) is 0. The Balaban J connectivity index is 2.33. The quantitative estimate of drug-likeness (QED) is 0.853. The van der Waals surface area contributed by atoms with Gasteiger partial charge in [-0.2, -0.15) is 0 Å². The van der Waals surface area contributed by atoms with E-state index in [2.05, 4.69) is 19.2 Å². The van der Waals surface area contributed by atoms with Gasteiger partial charge in [-0.1, -0.05) is 32.8 Å². The lowest BCUT2D eigenvalue weighted by Gasteiger charge is -2.44. The van der Waals surface area contributed by atoms with Crippen molar-refractivity contribution in [2.75, 3.05) is 11.9 Å². The van der Waals surface area contributed by atoms with Crippen LogP contribution in [0.15, 0.2) is 24.3 Å². The topological polar surface area (TPSA) is 38.3 Å². The van der Waals surface area contributed by atoms with Gasteiger partial charge in [0.05, 0.1) is 6.61 Å². The third-order valence-electron chi connectivity index (χ3n) is 4.69. The summed E-state index contributed by atoms with van der Waals surface area (Å²) in [6, 6.07) is 6.26. The van der Waals surface area contributed by atoms with Gasteiger partial charge in [0.2, 0.25) is 0 Å². The summed E-state index contributed by atoms with van der Waals surface area (Å²) in [5.41, 5.74) is -0.134. The van der Waals surface area contributed by atoms with Gasteiger partial charge >= 0.3 is 5.97 Å². The third kappa shape index (κ3) is 3.20. The number of rotatable bonds is 4. The van der Waals surface area contributed by atoms with Crippen molar-refractivity contribution in [3.63, 3.8) is 0 Å². The van der Waals surface area contributed by atoms with E-state index in [-0.39, 0.29) is 17.7 Å². The second-order valence-corrected chi connectivity index (χ2v) is 5.99. The summed E-state index contributed by atoms with van der Waals surface area (Å²) in [5.74, 6) is 0.0154. The molecule has 1 aromatic carbocycles. The zero-order valence-corrected chi connectivity index (χ0v) is 13.0. The van der Waals surface area contributed by atoms with Crippen LogP contribution in [0.4, 0.5) is 10.1 Å². The van der Waals surface area contributed by atoms with Gasteiger partial charge in [-0.05, 0) is 43.4 Å². The van der Waals surface area contributed by atoms with Crippen molar-refractivity contribution in [2.45, 2.75) is 45.6 Å². The van der Waals surface area contributed by atoms with Gasteiger partial charge in [0.15, 0.2) is 0 Å². The minimum atomic E-state index is -0.762. The van der Waals surface area contributed by atoms with Crippen molar-refractivity contribution in [1.29, 1.82) is 0 Å². The van der Waals surface area contributed by atoms with Crippen molar-refractivity contribution in [1.82, 2.24) is 0 Å². The Morgan fingerprint density at radius 1 is 1.48 bits per heavy atom. The highest BCUT2D eigenvalue weighted by Crippen LogP contribution is 2.41. The minimum absolute atomic E-state index is 0.133. The number of halogens is 1. The summed E-state index contributed by atoms with van der Waals surface area (Å²) in [5, 5.41) is 3.29. The minimum Gasteiger partial charge on any atom is -0.464 e. The van der Waals surface area contributed by atoms with Crippen LogP contribution in [0.5, 0.6) is 0 Å². The largest absolute Gasteiger partial charge is 0.464 e. The maximum absolute atomic E-state index is 13.4. The van der Waals surface area contributed by atoms with Crippen LogP contribution in [-0.2, 0) is 9.53 Å². The molecule has 21 heavy (non-hydrogen) atoms. The zero-order chi connectivity index (χ0) is 15.5. The van der Waals surface area contributed by atoms with Crippen molar-refractivity contribution >= 4 is 11.7 Å². The first-order chi connectivity index (χ1) is 9.99. The Bertz CT molecular complexity index is 505. The van der Waals surface area contributed by atoms with Crippen molar-refractivity contribution in [3.05, 3.63) is 30.1 Å². The third-order valence-corrected chi connectivity index (χ3v) is 4.69. The summed E-state index contributed by atoms with van der Waals surface area (Å²) < 4.78 is 18.7. The first kappa shape index (κ1) is 15.8. The van der Waals surface area contributed by atoms with E-state index in [0.29, 0.717) is 24.6 Å². The Morgan fingerprint density at radius 2 is 2.24 bits per heavy atom. The van der Waals surface area contributed by atoms with Crippen LogP contribution in [0.2, 0.25) is 0 Å². The first-order valence-electron chi connectivity index (χ1n) is 7.70. The normalized spacial score (nSPS) is 29.0. The molecule has 2 rings (SSSR count). The Hall–Kier alpha value is -1.58. The predicted octanol–water partition coefficient (Wildman–Crippen LogP) is 4.00. The van der Waals surface area contributed by atoms with Gasteiger partial charge in [-0.3, -0.25) is 0 Å². The number of esters is 1. The van der Waals surface area contributed by atoms with Crippen LogP contribution >= 0.6 is 0 Å². The molecule has 0 aliphatic heterocycles. The molecule has 0 heterocycles. The molecule has 3 nitrogen and oxygen atoms in total. The molecule has 4 heteroatoms. The molecule has 1 aliphatic carbocycles. The van der Waals surface area contributed by atoms with Gasteiger partial charge < -0.3 is 10.1 Å². The van der Waals surface area contributed by atoms with Gasteiger partial charge in [0, 0.05) is 5.69 Å². The highest BCUT2D eigenvalue weighted by molar-refractivity contribution is 5.85. The van der Waals surface area contributed by atoms with E-state index in [4.69, 9.17) is 4.74 Å². The van der Waals surface area contributed by atoms with E-state index >= 15 is 0 Å². The molecule has 0 saturated heterocycles. The van der Waals surface area contributed by atoms with Crippen LogP contribution in [0.25, 0.3) is 0 Å². The number of anilines is 1. The van der Waals surface area contributed by atoms with E-state index in [0.717, 1.165) is 12.8 Å². The monoisotopic (exact) mass is 293 g/mol. The van der Waals surface area contributed by atoms with E-state index in [1.165, 1.54) is 12.1 Å². The molecular formula is C17H24FNO2. The molecular weight excluding hydrogens is 269 g/mol. The highest BCUT2D eigenvalue weighted by Gasteiger charge is 2.48. The average molecular weight is 293 g/mol. The molecule has 0 amide bonds. The molecule has 1 saturated carbocycles. The van der Waals surface area contributed by atoms with Crippen LogP contribution < -0.4 is 5.32 Å². The fourth-order valence-corrected chi connectivity index (χ4v) is 3.27. The van der Waals surface area contributed by atoms with E-state index in [1.807, 2.05) is 6.92 Å². The second-order valence-electron chi connectivity index (χ2n) is 5.99. The number of carbonyl (C=O) groups is 1. The lowest BCUT2D eigenvalue weighted by atomic mass is 9.68. The van der Waals surface area contributed by atoms with E-state index in [1.54, 1.807) is 12.1 Å². The number of hydrogen-bond donors (Lipinski definition) is 1. The maximum atomic E-state index is 13.4. The number of benzene rings is 1. The number of ether oxygens (including phenoxy) is 1. The highest BCUT2D eigenvalue weighted by atomic mass is 19.1. The Kier molecular flexibility index (Phi) is 4.86. The summed E-state index contributed by atoms with van der Waals surface area (Å²) >= 11 is 0. The second kappa shape index (κ2) is 6.46. The lowest BCUT2D eigenvalue weighted by molar-refractivity contribution is -0.152. The van der Waals surface area contributed by atoms with Gasteiger partial charge in [-0.15, -0.1) is 0 Å². The average Bonchev–Trinajstić information content (AvgIpc) is 2.44. The van der Waals surface area contributed by atoms with Crippen LogP contribution in [0.1, 0.15) is 40.0 Å². The molecule has 1 N–H and O–H groups in total. The summed E-state index contributed by atoms with van der Waals surface area (Å²) in [6.45, 7) is 6.40. The molecule has 3 atom stereocenters. The van der Waals surface area contributed by atoms with Crippen LogP contribution in [0, 0.1) is 17.7 Å². The van der Waals surface area contributed by atoms with E-state index < -0.39 is 5.54 Å². The SMILES string of the molecule is CCOC(=O)C1(Nc2cccc(F)c2)CCCC(C)C1C. The molecule has 3 unspecified atom stereocenters. The molecule has 0 spiro atoms. The van der Waals surface area contributed by atoms with Gasteiger partial charge in [0.1, 0.15) is 11.4 Å². The summed E-state index contributed by atoms with van der Waals surface area (Å²) in [6.07, 6.45) is 2.79. The molecule has 1 aromatic rings. The Morgan fingerprint density at radius 3 is 2.90 bits per heavy atom. The lowest BCUT2D eigenvalue weighted by Crippen LogP contribution is -2.56. The predicted molar refractivity (Wildman–Crippen MR) is 81.6 cm³/mol. The fraction of sp³-hybridized carbons (Fsp3) is 0.588. The molecule has 1 fully saturated rings. The standard InChI is InChI=1S/C17H24FNO2/c1-4-21-16(20)17(10-6-7-12(2)13(17)3)19-15-9-5-8-14(18)11-15/h5,8-9,11-13,19H,4,6-7,10H2,1-3H3. The van der Waals surface area contributed by atoms with Crippen molar-refractivity contribution in [2.24, 2.45) is 11.8 Å². The maximum Gasteiger partial charge on any atom is 0.332 e. The van der Waals surface area contributed by atoms with Crippen LogP contribution in [0.3, 0.4) is 0 Å². The smallest absolute Gasteiger partial charge is 0.332 e. The zero-order valence-electron chi connectivity index (χ0n) is 13.0. The number of hydrogen-bond acceptors (Lipinski definition) is 3. The van der Waals surface area contributed by atoms with Gasteiger partial charge in [0.25, 0.3) is 0 Å². The Labute approximate surface area is 125 Å². The van der Waals surface area contributed by atoms with Gasteiger partial charge in [-0.25, -0.2) is 9.18 Å². The summed E-state index contributed by atoms with van der Waals surface area (Å²) in [4.78, 5) is 12.6. The molecule has 116 valence electrons. The first-order valence-corrected chi connectivity index (χ1v) is 7.70.